The van der Waals surface area contributed by atoms with E-state index in [1.54, 1.807) is 0 Å². The van der Waals surface area contributed by atoms with Gasteiger partial charge in [0.25, 0.3) is 0 Å². The molecule has 0 spiro atoms. The van der Waals surface area contributed by atoms with Crippen LogP contribution in [0.25, 0.3) is 0 Å². The smallest absolute Gasteiger partial charge is 0.234 e. The number of nitrogens with two attached hydrogens (primary N) is 1. The molecule has 0 aliphatic carbocycles. The van der Waals surface area contributed by atoms with Crippen LogP contribution in [0.2, 0.25) is 0 Å². The molecule has 0 radical (unpaired) electrons. The summed E-state index contributed by atoms with van der Waals surface area (Å²) >= 11 is 3.42. The van der Waals surface area contributed by atoms with E-state index in [4.69, 9.17) is 5.73 Å². The highest BCUT2D eigenvalue weighted by Crippen LogP contribution is 2.17. The summed E-state index contributed by atoms with van der Waals surface area (Å²) < 4.78 is 1.05. The number of carbonyl (C=O) groups is 1. The summed E-state index contributed by atoms with van der Waals surface area (Å²) in [6, 6.07) is 8.07. The zero-order chi connectivity index (χ0) is 15.2. The molecule has 1 aliphatic rings. The third kappa shape index (κ3) is 5.88. The maximum atomic E-state index is 12.2. The Morgan fingerprint density at radius 3 is 2.77 bits per heavy atom. The maximum Gasteiger partial charge on any atom is 0.234 e. The van der Waals surface area contributed by atoms with E-state index in [0.717, 1.165) is 29.5 Å². The second kappa shape index (κ2) is 9.50. The van der Waals surface area contributed by atoms with Crippen molar-refractivity contribution in [2.45, 2.75) is 25.8 Å². The zero-order valence-corrected chi connectivity index (χ0v) is 15.3. The molecule has 0 saturated carbocycles. The van der Waals surface area contributed by atoms with E-state index < -0.39 is 0 Å². The van der Waals surface area contributed by atoms with Crippen LogP contribution in [0.15, 0.2) is 28.7 Å². The fourth-order valence-corrected chi connectivity index (χ4v) is 3.08. The highest BCUT2D eigenvalue weighted by atomic mass is 79.9. The second-order valence-corrected chi connectivity index (χ2v) is 6.74. The van der Waals surface area contributed by atoms with Gasteiger partial charge in [0.1, 0.15) is 0 Å². The molecule has 6 heteroatoms. The maximum absolute atomic E-state index is 12.2. The number of amides is 1. The summed E-state index contributed by atoms with van der Waals surface area (Å²) in [6.07, 6.45) is 2.32. The molecule has 0 bridgehead atoms. The van der Waals surface area contributed by atoms with Gasteiger partial charge in [-0.25, -0.2) is 0 Å². The lowest BCUT2D eigenvalue weighted by Gasteiger charge is -2.31. The van der Waals surface area contributed by atoms with Crippen LogP contribution >= 0.6 is 28.3 Å². The van der Waals surface area contributed by atoms with Crippen molar-refractivity contribution in [2.24, 2.45) is 11.7 Å². The minimum Gasteiger partial charge on any atom is -0.348 e. The first-order valence-electron chi connectivity index (χ1n) is 7.55. The van der Waals surface area contributed by atoms with Crippen molar-refractivity contribution in [3.8, 4) is 0 Å². The van der Waals surface area contributed by atoms with E-state index in [1.165, 1.54) is 6.42 Å². The number of nitrogens with zero attached hydrogens (tertiary/aromatic N) is 1. The van der Waals surface area contributed by atoms with Crippen LogP contribution in [0.4, 0.5) is 0 Å². The fourth-order valence-electron chi connectivity index (χ4n) is 2.81. The van der Waals surface area contributed by atoms with E-state index in [2.05, 4.69) is 26.1 Å². The van der Waals surface area contributed by atoms with Crippen LogP contribution in [0, 0.1) is 5.92 Å². The summed E-state index contributed by atoms with van der Waals surface area (Å²) in [5.41, 5.74) is 6.85. The lowest BCUT2D eigenvalue weighted by molar-refractivity contribution is -0.123. The number of nitrogens with one attached hydrogen (secondary N) is 1. The number of piperidine rings is 1. The van der Waals surface area contributed by atoms with Crippen molar-refractivity contribution in [3.05, 3.63) is 34.3 Å². The first-order chi connectivity index (χ1) is 10.1. The Hall–Kier alpha value is -0.620. The molecular formula is C16H25BrClN3O. The average Bonchev–Trinajstić information content (AvgIpc) is 2.47. The van der Waals surface area contributed by atoms with E-state index >= 15 is 0 Å². The van der Waals surface area contributed by atoms with E-state index in [9.17, 15) is 4.79 Å². The predicted octanol–water partition coefficient (Wildman–Crippen LogP) is 2.72. The summed E-state index contributed by atoms with van der Waals surface area (Å²) in [5, 5.41) is 3.07. The third-order valence-electron chi connectivity index (χ3n) is 4.05. The van der Waals surface area contributed by atoms with Gasteiger partial charge in [0.05, 0.1) is 12.6 Å². The van der Waals surface area contributed by atoms with Gasteiger partial charge in [0.15, 0.2) is 0 Å². The van der Waals surface area contributed by atoms with E-state index in [-0.39, 0.29) is 24.4 Å². The highest BCUT2D eigenvalue weighted by molar-refractivity contribution is 9.10. The molecule has 1 aromatic carbocycles. The molecular weight excluding hydrogens is 366 g/mol. The molecule has 2 unspecified atom stereocenters. The SMILES string of the molecule is CC(NC(=O)CN1CCCC(CN)C1)c1ccc(Br)cc1.Cl. The monoisotopic (exact) mass is 389 g/mol. The third-order valence-corrected chi connectivity index (χ3v) is 4.58. The standard InChI is InChI=1S/C16H24BrN3O.ClH/c1-12(14-4-6-15(17)7-5-14)19-16(21)11-20-8-2-3-13(9-18)10-20;/h4-7,12-13H,2-3,8-11,18H2,1H3,(H,19,21);1H. The van der Waals surface area contributed by atoms with Gasteiger partial charge in [-0.05, 0) is 56.5 Å². The molecule has 1 aromatic rings. The number of hydrogen-bond acceptors (Lipinski definition) is 3. The lowest BCUT2D eigenvalue weighted by Crippen LogP contribution is -2.44. The zero-order valence-electron chi connectivity index (χ0n) is 12.9. The molecule has 1 aliphatic heterocycles. The summed E-state index contributed by atoms with van der Waals surface area (Å²) in [6.45, 7) is 5.14. The molecule has 1 fully saturated rings. The molecule has 2 rings (SSSR count). The van der Waals surface area contributed by atoms with Crippen LogP contribution in [-0.2, 0) is 4.79 Å². The average molecular weight is 391 g/mol. The molecule has 0 aromatic heterocycles. The number of benzene rings is 1. The van der Waals surface area contributed by atoms with Gasteiger partial charge in [0.2, 0.25) is 5.91 Å². The van der Waals surface area contributed by atoms with Crippen LogP contribution in [0.1, 0.15) is 31.4 Å². The molecule has 124 valence electrons. The lowest BCUT2D eigenvalue weighted by atomic mass is 9.98. The molecule has 4 nitrogen and oxygen atoms in total. The Bertz CT molecular complexity index is 469. The van der Waals surface area contributed by atoms with Gasteiger partial charge in [-0.1, -0.05) is 28.1 Å². The van der Waals surface area contributed by atoms with Crippen molar-refractivity contribution in [2.75, 3.05) is 26.2 Å². The Morgan fingerprint density at radius 1 is 1.45 bits per heavy atom. The Balaban J connectivity index is 0.00000242. The van der Waals surface area contributed by atoms with Gasteiger partial charge in [0, 0.05) is 11.0 Å². The van der Waals surface area contributed by atoms with Gasteiger partial charge in [-0.2, -0.15) is 0 Å². The highest BCUT2D eigenvalue weighted by Gasteiger charge is 2.21. The molecule has 1 saturated heterocycles. The van der Waals surface area contributed by atoms with Crippen LogP contribution in [-0.4, -0.2) is 37.0 Å². The fraction of sp³-hybridized carbons (Fsp3) is 0.562. The van der Waals surface area contributed by atoms with Crippen molar-refractivity contribution >= 4 is 34.2 Å². The van der Waals surface area contributed by atoms with Gasteiger partial charge >= 0.3 is 0 Å². The second-order valence-electron chi connectivity index (χ2n) is 5.82. The van der Waals surface area contributed by atoms with E-state index in [0.29, 0.717) is 19.0 Å². The first kappa shape index (κ1) is 19.4. The topological polar surface area (TPSA) is 58.4 Å². The Morgan fingerprint density at radius 2 is 2.14 bits per heavy atom. The normalized spacial score (nSPS) is 20.0. The van der Waals surface area contributed by atoms with Gasteiger partial charge in [-0.15, -0.1) is 12.4 Å². The largest absolute Gasteiger partial charge is 0.348 e. The predicted molar refractivity (Wildman–Crippen MR) is 96.2 cm³/mol. The van der Waals surface area contributed by atoms with Crippen LogP contribution in [0.5, 0.6) is 0 Å². The van der Waals surface area contributed by atoms with Crippen molar-refractivity contribution < 1.29 is 4.79 Å². The minimum absolute atomic E-state index is 0. The molecule has 3 N–H and O–H groups in total. The molecule has 1 amide bonds. The van der Waals surface area contributed by atoms with E-state index in [1.807, 2.05) is 31.2 Å². The van der Waals surface area contributed by atoms with Crippen molar-refractivity contribution in [3.63, 3.8) is 0 Å². The summed E-state index contributed by atoms with van der Waals surface area (Å²) in [5.74, 6) is 0.624. The Kier molecular flexibility index (Phi) is 8.39. The molecule has 2 atom stereocenters. The van der Waals surface area contributed by atoms with Crippen molar-refractivity contribution in [1.82, 2.24) is 10.2 Å². The first-order valence-corrected chi connectivity index (χ1v) is 8.35. The number of likely N-dealkylation sites (tertiary alicyclic amines) is 1. The molecule has 22 heavy (non-hydrogen) atoms. The van der Waals surface area contributed by atoms with Gasteiger partial charge < -0.3 is 11.1 Å². The summed E-state index contributed by atoms with van der Waals surface area (Å²) in [4.78, 5) is 14.4. The minimum atomic E-state index is 0. The Labute approximate surface area is 147 Å². The van der Waals surface area contributed by atoms with Crippen LogP contribution < -0.4 is 11.1 Å². The summed E-state index contributed by atoms with van der Waals surface area (Å²) in [7, 11) is 0. The molecule has 1 heterocycles. The van der Waals surface area contributed by atoms with Crippen LogP contribution in [0.3, 0.4) is 0 Å². The quantitative estimate of drug-likeness (QED) is 0.813. The van der Waals surface area contributed by atoms with Crippen molar-refractivity contribution in [1.29, 1.82) is 0 Å². The van der Waals surface area contributed by atoms with Gasteiger partial charge in [-0.3, -0.25) is 9.69 Å². The number of hydrogen-bond donors (Lipinski definition) is 2. The number of halogens is 2. The number of rotatable bonds is 5. The number of carbonyl (C=O) groups excluding carboxylic acids is 1.